The summed E-state index contributed by atoms with van der Waals surface area (Å²) in [7, 11) is -4.33. The zero-order valence-electron chi connectivity index (χ0n) is 18.8. The predicted octanol–water partition coefficient (Wildman–Crippen LogP) is 4.22. The molecule has 1 heterocycles. The minimum atomic E-state index is -4.33. The van der Waals surface area contributed by atoms with Gasteiger partial charge in [0.25, 0.3) is 21.6 Å². The van der Waals surface area contributed by atoms with Gasteiger partial charge in [0, 0.05) is 31.4 Å². The summed E-state index contributed by atoms with van der Waals surface area (Å²) in [6, 6.07) is 19.6. The minimum Gasteiger partial charge on any atom is -0.381 e. The molecule has 1 amide bonds. The molecule has 0 spiro atoms. The van der Waals surface area contributed by atoms with Gasteiger partial charge in [0.05, 0.1) is 9.82 Å². The van der Waals surface area contributed by atoms with Crippen LogP contribution in [0.25, 0.3) is 11.1 Å². The van der Waals surface area contributed by atoms with Crippen molar-refractivity contribution in [2.45, 2.75) is 17.7 Å². The normalized spacial score (nSPS) is 14.3. The van der Waals surface area contributed by atoms with Gasteiger partial charge in [0.15, 0.2) is 0 Å². The number of nitro groups is 1. The first-order valence-corrected chi connectivity index (χ1v) is 12.6. The molecular formula is C25H25N3O6S. The van der Waals surface area contributed by atoms with Crippen LogP contribution in [0.15, 0.2) is 77.7 Å². The molecule has 3 aromatic carbocycles. The molecule has 35 heavy (non-hydrogen) atoms. The lowest BCUT2D eigenvalue weighted by atomic mass is 10.0. The van der Waals surface area contributed by atoms with E-state index in [4.69, 9.17) is 4.74 Å². The predicted molar refractivity (Wildman–Crippen MR) is 132 cm³/mol. The van der Waals surface area contributed by atoms with Gasteiger partial charge in [-0.15, -0.1) is 0 Å². The third kappa shape index (κ3) is 6.03. The molecule has 1 fully saturated rings. The second-order valence-electron chi connectivity index (χ2n) is 8.25. The highest BCUT2D eigenvalue weighted by atomic mass is 32.2. The summed E-state index contributed by atoms with van der Waals surface area (Å²) in [4.78, 5) is 23.2. The molecule has 1 aliphatic rings. The number of nitrogens with zero attached hydrogens (tertiary/aromatic N) is 1. The summed E-state index contributed by atoms with van der Waals surface area (Å²) in [5.74, 6) is -0.506. The van der Waals surface area contributed by atoms with Gasteiger partial charge in [-0.3, -0.25) is 14.9 Å². The summed E-state index contributed by atoms with van der Waals surface area (Å²) in [5.41, 5.74) is 1.84. The summed E-state index contributed by atoms with van der Waals surface area (Å²) in [6.07, 6.45) is 1.71. The van der Waals surface area contributed by atoms with Gasteiger partial charge in [-0.25, -0.2) is 13.1 Å². The molecule has 0 aromatic heterocycles. The standard InChI is InChI=1S/C25H25N3O6S/c29-25(21-8-6-20(7-9-21)19-4-2-1-3-5-19)27-35(32,33)22-10-11-23(24(16-22)28(30)31)26-17-18-12-14-34-15-13-18/h1-11,16,18,26H,12-15,17H2,(H,27,29). The average Bonchev–Trinajstić information content (AvgIpc) is 2.88. The number of hydrogen-bond acceptors (Lipinski definition) is 7. The Kier molecular flexibility index (Phi) is 7.42. The molecule has 0 aliphatic carbocycles. The number of anilines is 1. The van der Waals surface area contributed by atoms with E-state index < -0.39 is 20.9 Å². The Hall–Kier alpha value is -3.76. The van der Waals surface area contributed by atoms with Crippen LogP contribution in [0.1, 0.15) is 23.2 Å². The van der Waals surface area contributed by atoms with Crippen LogP contribution in [0.3, 0.4) is 0 Å². The monoisotopic (exact) mass is 495 g/mol. The van der Waals surface area contributed by atoms with Gasteiger partial charge >= 0.3 is 0 Å². The molecule has 0 radical (unpaired) electrons. The highest BCUT2D eigenvalue weighted by Gasteiger charge is 2.24. The Morgan fingerprint density at radius 2 is 1.63 bits per heavy atom. The molecule has 10 heteroatoms. The van der Waals surface area contributed by atoms with E-state index in [0.717, 1.165) is 30.0 Å². The molecule has 1 aliphatic heterocycles. The van der Waals surface area contributed by atoms with Crippen LogP contribution in [-0.4, -0.2) is 39.0 Å². The zero-order valence-corrected chi connectivity index (χ0v) is 19.7. The van der Waals surface area contributed by atoms with E-state index in [1.54, 1.807) is 12.1 Å². The highest BCUT2D eigenvalue weighted by Crippen LogP contribution is 2.29. The van der Waals surface area contributed by atoms with E-state index >= 15 is 0 Å². The third-order valence-corrected chi connectivity index (χ3v) is 7.21. The number of carbonyl (C=O) groups excluding carboxylic acids is 1. The lowest BCUT2D eigenvalue weighted by Crippen LogP contribution is -2.30. The minimum absolute atomic E-state index is 0.150. The van der Waals surface area contributed by atoms with Crippen LogP contribution < -0.4 is 10.0 Å². The Labute approximate surface area is 203 Å². The molecule has 0 bridgehead atoms. The molecule has 1 saturated heterocycles. The molecule has 9 nitrogen and oxygen atoms in total. The number of nitro benzene ring substituents is 1. The van der Waals surface area contributed by atoms with E-state index in [1.807, 2.05) is 35.1 Å². The Morgan fingerprint density at radius 3 is 2.29 bits per heavy atom. The van der Waals surface area contributed by atoms with Crippen LogP contribution >= 0.6 is 0 Å². The van der Waals surface area contributed by atoms with E-state index in [9.17, 15) is 23.3 Å². The maximum absolute atomic E-state index is 12.8. The van der Waals surface area contributed by atoms with Crippen molar-refractivity contribution in [3.8, 4) is 11.1 Å². The summed E-state index contributed by atoms with van der Waals surface area (Å²) in [5, 5.41) is 14.7. The average molecular weight is 496 g/mol. The second-order valence-corrected chi connectivity index (χ2v) is 9.93. The van der Waals surface area contributed by atoms with Crippen molar-refractivity contribution in [2.24, 2.45) is 5.92 Å². The van der Waals surface area contributed by atoms with Crippen LogP contribution in [0, 0.1) is 16.0 Å². The number of hydrogen-bond donors (Lipinski definition) is 2. The van der Waals surface area contributed by atoms with Gasteiger partial charge in [0.1, 0.15) is 5.69 Å². The Balaban J connectivity index is 1.47. The maximum atomic E-state index is 12.8. The topological polar surface area (TPSA) is 128 Å². The fourth-order valence-electron chi connectivity index (χ4n) is 3.87. The lowest BCUT2D eigenvalue weighted by Gasteiger charge is -2.22. The lowest BCUT2D eigenvalue weighted by molar-refractivity contribution is -0.384. The van der Waals surface area contributed by atoms with Gasteiger partial charge in [0.2, 0.25) is 0 Å². The largest absolute Gasteiger partial charge is 0.381 e. The molecule has 0 saturated carbocycles. The number of amides is 1. The Bertz CT molecular complexity index is 1300. The van der Waals surface area contributed by atoms with Gasteiger partial charge < -0.3 is 10.1 Å². The van der Waals surface area contributed by atoms with Crippen molar-refractivity contribution in [3.05, 3.63) is 88.5 Å². The van der Waals surface area contributed by atoms with Crippen LogP contribution in [0.5, 0.6) is 0 Å². The molecule has 0 unspecified atom stereocenters. The number of benzene rings is 3. The quantitative estimate of drug-likeness (QED) is 0.354. The van der Waals surface area contributed by atoms with Crippen molar-refractivity contribution >= 4 is 27.3 Å². The van der Waals surface area contributed by atoms with Gasteiger partial charge in [-0.05, 0) is 54.2 Å². The zero-order chi connectivity index (χ0) is 24.8. The first-order chi connectivity index (χ1) is 16.8. The third-order valence-electron chi connectivity index (χ3n) is 5.88. The highest BCUT2D eigenvalue weighted by molar-refractivity contribution is 7.90. The summed E-state index contributed by atoms with van der Waals surface area (Å²) in [6.45, 7) is 1.83. The van der Waals surface area contributed by atoms with Gasteiger partial charge in [-0.2, -0.15) is 0 Å². The number of nitrogens with one attached hydrogen (secondary N) is 2. The van der Waals surface area contributed by atoms with Crippen LogP contribution in [0.4, 0.5) is 11.4 Å². The SMILES string of the molecule is O=C(NS(=O)(=O)c1ccc(NCC2CCOCC2)c([N+](=O)[O-])c1)c1ccc(-c2ccccc2)cc1. The van der Waals surface area contributed by atoms with Crippen molar-refractivity contribution in [2.75, 3.05) is 25.1 Å². The van der Waals surface area contributed by atoms with Crippen molar-refractivity contribution in [3.63, 3.8) is 0 Å². The first kappa shape index (κ1) is 24.4. The van der Waals surface area contributed by atoms with Crippen molar-refractivity contribution in [1.29, 1.82) is 0 Å². The van der Waals surface area contributed by atoms with E-state index in [0.29, 0.717) is 25.7 Å². The summed E-state index contributed by atoms with van der Waals surface area (Å²) < 4.78 is 32.9. The summed E-state index contributed by atoms with van der Waals surface area (Å²) >= 11 is 0. The number of ether oxygens (including phenoxy) is 1. The maximum Gasteiger partial charge on any atom is 0.293 e. The second kappa shape index (κ2) is 10.7. The molecule has 4 rings (SSSR count). The fraction of sp³-hybridized carbons (Fsp3) is 0.240. The van der Waals surface area contributed by atoms with E-state index in [1.165, 1.54) is 24.3 Å². The van der Waals surface area contributed by atoms with Crippen LogP contribution in [-0.2, 0) is 14.8 Å². The first-order valence-electron chi connectivity index (χ1n) is 11.2. The van der Waals surface area contributed by atoms with Crippen molar-refractivity contribution in [1.82, 2.24) is 4.72 Å². The molecule has 0 atom stereocenters. The molecular weight excluding hydrogens is 470 g/mol. The van der Waals surface area contributed by atoms with Crippen LogP contribution in [0.2, 0.25) is 0 Å². The van der Waals surface area contributed by atoms with E-state index in [2.05, 4.69) is 5.32 Å². The number of rotatable bonds is 8. The fourth-order valence-corrected chi connectivity index (χ4v) is 4.86. The van der Waals surface area contributed by atoms with E-state index in [-0.39, 0.29) is 21.8 Å². The molecule has 2 N–H and O–H groups in total. The Morgan fingerprint density at radius 1 is 0.971 bits per heavy atom. The number of sulfonamides is 1. The van der Waals surface area contributed by atoms with Gasteiger partial charge in [-0.1, -0.05) is 42.5 Å². The van der Waals surface area contributed by atoms with Crippen molar-refractivity contribution < 1.29 is 22.9 Å². The number of carbonyl (C=O) groups is 1. The molecule has 3 aromatic rings. The smallest absolute Gasteiger partial charge is 0.293 e. The molecule has 182 valence electrons.